The Balaban J connectivity index is 0.000000557. The molecule has 0 bridgehead atoms. The van der Waals surface area contributed by atoms with E-state index < -0.39 is 5.09 Å². The average molecular weight is 247 g/mol. The lowest BCUT2D eigenvalue weighted by atomic mass is 9.96. The van der Waals surface area contributed by atoms with Crippen molar-refractivity contribution in [1.82, 2.24) is 10.2 Å². The van der Waals surface area contributed by atoms with Crippen LogP contribution in [0, 0.1) is 16.0 Å². The van der Waals surface area contributed by atoms with Gasteiger partial charge in [-0.05, 0) is 39.8 Å². The highest BCUT2D eigenvalue weighted by atomic mass is 16.9. The summed E-state index contributed by atoms with van der Waals surface area (Å²) in [6, 6.07) is 0. The Morgan fingerprint density at radius 1 is 1.41 bits per heavy atom. The molecule has 0 aliphatic carbocycles. The molecule has 0 aromatic rings. The lowest BCUT2D eigenvalue weighted by molar-refractivity contribution is -0.742. The summed E-state index contributed by atoms with van der Waals surface area (Å²) in [5.41, 5.74) is 0. The van der Waals surface area contributed by atoms with Crippen LogP contribution < -0.4 is 5.32 Å². The highest BCUT2D eigenvalue weighted by Gasteiger charge is 2.23. The lowest BCUT2D eigenvalue weighted by Crippen LogP contribution is -2.40. The molecule has 7 nitrogen and oxygen atoms in total. The van der Waals surface area contributed by atoms with Crippen LogP contribution in [0.25, 0.3) is 0 Å². The molecular formula is C10H21N3O4. The van der Waals surface area contributed by atoms with Crippen LogP contribution >= 0.6 is 0 Å². The Hall–Kier alpha value is -1.37. The van der Waals surface area contributed by atoms with Crippen molar-refractivity contribution >= 4 is 5.91 Å². The van der Waals surface area contributed by atoms with Gasteiger partial charge in [-0.15, -0.1) is 10.1 Å². The summed E-state index contributed by atoms with van der Waals surface area (Å²) in [5.74, 6) is 0.632. The molecule has 0 unspecified atom stereocenters. The van der Waals surface area contributed by atoms with E-state index in [2.05, 4.69) is 5.32 Å². The summed E-state index contributed by atoms with van der Waals surface area (Å²) in [4.78, 5) is 22.2. The Morgan fingerprint density at radius 3 is 2.18 bits per heavy atom. The highest BCUT2D eigenvalue weighted by Crippen LogP contribution is 2.14. The molecule has 0 aromatic carbocycles. The van der Waals surface area contributed by atoms with Crippen molar-refractivity contribution < 1.29 is 15.1 Å². The molecule has 0 saturated carbocycles. The molecule has 1 amide bonds. The summed E-state index contributed by atoms with van der Waals surface area (Å²) in [6.07, 6.45) is 2.02. The van der Waals surface area contributed by atoms with Crippen molar-refractivity contribution in [2.24, 2.45) is 5.92 Å². The first kappa shape index (κ1) is 15.6. The van der Waals surface area contributed by atoms with Crippen LogP contribution in [0.5, 0.6) is 0 Å². The van der Waals surface area contributed by atoms with E-state index in [1.807, 2.05) is 18.7 Å². The molecular weight excluding hydrogens is 226 g/mol. The molecule has 0 spiro atoms. The maximum absolute atomic E-state index is 11.9. The van der Waals surface area contributed by atoms with Gasteiger partial charge in [0.05, 0.1) is 0 Å². The van der Waals surface area contributed by atoms with Gasteiger partial charge in [-0.1, -0.05) is 0 Å². The minimum absolute atomic E-state index is 0.279. The van der Waals surface area contributed by atoms with Gasteiger partial charge in [-0.3, -0.25) is 4.79 Å². The smallest absolute Gasteiger partial charge is 0.291 e. The first-order valence-corrected chi connectivity index (χ1v) is 5.85. The van der Waals surface area contributed by atoms with Gasteiger partial charge in [-0.2, -0.15) is 0 Å². The minimum atomic E-state index is -1.50. The summed E-state index contributed by atoms with van der Waals surface area (Å²) in [7, 11) is 0. The van der Waals surface area contributed by atoms with Crippen LogP contribution in [0.1, 0.15) is 26.7 Å². The van der Waals surface area contributed by atoms with Crippen molar-refractivity contribution in [1.29, 1.82) is 0 Å². The van der Waals surface area contributed by atoms with E-state index in [4.69, 9.17) is 15.3 Å². The molecule has 2 N–H and O–H groups in total. The molecule has 0 aromatic heterocycles. The van der Waals surface area contributed by atoms with Gasteiger partial charge in [0, 0.05) is 19.0 Å². The fraction of sp³-hybridized carbons (Fsp3) is 0.900. The number of hydrogen-bond donors (Lipinski definition) is 2. The van der Waals surface area contributed by atoms with Gasteiger partial charge in [0.2, 0.25) is 5.91 Å². The van der Waals surface area contributed by atoms with Crippen molar-refractivity contribution in [2.45, 2.75) is 26.7 Å². The lowest BCUT2D eigenvalue weighted by Gasteiger charge is -2.27. The second-order valence-corrected chi connectivity index (χ2v) is 3.77. The van der Waals surface area contributed by atoms with E-state index in [1.165, 1.54) is 0 Å². The van der Waals surface area contributed by atoms with Crippen LogP contribution in [-0.4, -0.2) is 47.3 Å². The van der Waals surface area contributed by atoms with Crippen LogP contribution in [0.15, 0.2) is 0 Å². The molecule has 7 heteroatoms. The zero-order valence-electron chi connectivity index (χ0n) is 10.4. The quantitative estimate of drug-likeness (QED) is 0.559. The average Bonchev–Trinajstić information content (AvgIpc) is 2.31. The second kappa shape index (κ2) is 8.74. The molecule has 1 aliphatic heterocycles. The molecule has 1 heterocycles. The monoisotopic (exact) mass is 247 g/mol. The van der Waals surface area contributed by atoms with E-state index >= 15 is 0 Å². The Bertz CT molecular complexity index is 234. The maximum Gasteiger partial charge on any atom is 0.291 e. The van der Waals surface area contributed by atoms with Crippen LogP contribution in [-0.2, 0) is 4.79 Å². The van der Waals surface area contributed by atoms with Gasteiger partial charge < -0.3 is 15.4 Å². The van der Waals surface area contributed by atoms with Crippen molar-refractivity contribution in [3.05, 3.63) is 10.1 Å². The normalized spacial score (nSPS) is 15.6. The third kappa shape index (κ3) is 6.72. The van der Waals surface area contributed by atoms with E-state index in [0.29, 0.717) is 5.91 Å². The van der Waals surface area contributed by atoms with Crippen molar-refractivity contribution in [2.75, 3.05) is 26.2 Å². The topological polar surface area (TPSA) is 95.7 Å². The molecule has 17 heavy (non-hydrogen) atoms. The number of hydrogen-bond acceptors (Lipinski definition) is 4. The standard InChI is InChI=1S/C10H20N2O.HNO3/c1-3-12(4-2)10(13)9-5-7-11-8-6-9;2-1(3)4/h9,11H,3-8H2,1-2H3;(H,2,3,4). The number of carbonyl (C=O) groups excluding carboxylic acids is 1. The van der Waals surface area contributed by atoms with Crippen molar-refractivity contribution in [3.8, 4) is 0 Å². The van der Waals surface area contributed by atoms with Gasteiger partial charge in [-0.25, -0.2) is 0 Å². The van der Waals surface area contributed by atoms with E-state index in [9.17, 15) is 4.79 Å². The molecule has 0 atom stereocenters. The molecule has 100 valence electrons. The first-order valence-electron chi connectivity index (χ1n) is 5.85. The summed E-state index contributed by atoms with van der Waals surface area (Å²) in [6.45, 7) is 7.78. The van der Waals surface area contributed by atoms with Gasteiger partial charge in [0.1, 0.15) is 0 Å². The fourth-order valence-electron chi connectivity index (χ4n) is 1.86. The molecule has 1 rings (SSSR count). The summed E-state index contributed by atoms with van der Waals surface area (Å²) in [5, 5.41) is 16.9. The second-order valence-electron chi connectivity index (χ2n) is 3.77. The number of carbonyl (C=O) groups is 1. The predicted octanol–water partition coefficient (Wildman–Crippen LogP) is 0.507. The number of nitrogens with one attached hydrogen (secondary N) is 1. The number of rotatable bonds is 3. The third-order valence-electron chi connectivity index (χ3n) is 2.76. The van der Waals surface area contributed by atoms with Crippen molar-refractivity contribution in [3.63, 3.8) is 0 Å². The number of amides is 1. The van der Waals surface area contributed by atoms with Crippen LogP contribution in [0.3, 0.4) is 0 Å². The molecule has 1 saturated heterocycles. The largest absolute Gasteiger partial charge is 0.343 e. The van der Waals surface area contributed by atoms with E-state index in [0.717, 1.165) is 39.0 Å². The van der Waals surface area contributed by atoms with Gasteiger partial charge in [0.15, 0.2) is 0 Å². The van der Waals surface area contributed by atoms with E-state index in [-0.39, 0.29) is 5.92 Å². The minimum Gasteiger partial charge on any atom is -0.343 e. The van der Waals surface area contributed by atoms with Gasteiger partial charge in [0.25, 0.3) is 5.09 Å². The number of piperidine rings is 1. The zero-order valence-corrected chi connectivity index (χ0v) is 10.4. The zero-order chi connectivity index (χ0) is 13.3. The fourth-order valence-corrected chi connectivity index (χ4v) is 1.86. The Kier molecular flexibility index (Phi) is 8.04. The van der Waals surface area contributed by atoms with Crippen LogP contribution in [0.2, 0.25) is 0 Å². The van der Waals surface area contributed by atoms with Crippen LogP contribution in [0.4, 0.5) is 0 Å². The molecule has 1 fully saturated rings. The SMILES string of the molecule is CCN(CC)C(=O)C1CCNCC1.O=[N+]([O-])O. The number of nitrogens with zero attached hydrogens (tertiary/aromatic N) is 2. The molecule has 1 aliphatic rings. The Labute approximate surface area is 101 Å². The summed E-state index contributed by atoms with van der Waals surface area (Å²) < 4.78 is 0. The molecule has 0 radical (unpaired) electrons. The van der Waals surface area contributed by atoms with Gasteiger partial charge >= 0.3 is 0 Å². The Morgan fingerprint density at radius 2 is 1.82 bits per heavy atom. The highest BCUT2D eigenvalue weighted by molar-refractivity contribution is 5.78. The van der Waals surface area contributed by atoms with E-state index in [1.54, 1.807) is 0 Å². The maximum atomic E-state index is 11.9. The third-order valence-corrected chi connectivity index (χ3v) is 2.76. The predicted molar refractivity (Wildman–Crippen MR) is 62.3 cm³/mol. The first-order chi connectivity index (χ1) is 8.02. The summed E-state index contributed by atoms with van der Waals surface area (Å²) >= 11 is 0.